The van der Waals surface area contributed by atoms with Crippen molar-refractivity contribution in [2.45, 2.75) is 12.8 Å². The molecule has 5 rings (SSSR count). The maximum Gasteiger partial charge on any atom is 0.159 e. The molecule has 0 bridgehead atoms. The van der Waals surface area contributed by atoms with Gasteiger partial charge in [-0.3, -0.25) is 0 Å². The first-order valence-electron chi connectivity index (χ1n) is 12.2. The number of benzene rings is 2. The van der Waals surface area contributed by atoms with Gasteiger partial charge in [-0.05, 0) is 53.9 Å². The molecule has 0 radical (unpaired) electrons. The summed E-state index contributed by atoms with van der Waals surface area (Å²) in [5.41, 5.74) is 10.2. The van der Waals surface area contributed by atoms with Crippen LogP contribution in [0.15, 0.2) is 67.1 Å². The number of pyridine rings is 1. The number of aromatic nitrogens is 3. The molecule has 1 saturated heterocycles. The highest BCUT2D eigenvalue weighted by molar-refractivity contribution is 6.32. The Hall–Kier alpha value is -4.06. The fourth-order valence-corrected chi connectivity index (χ4v) is 4.99. The summed E-state index contributed by atoms with van der Waals surface area (Å²) in [6.07, 6.45) is 3.32. The summed E-state index contributed by atoms with van der Waals surface area (Å²) < 4.78 is 0. The van der Waals surface area contributed by atoms with Gasteiger partial charge in [0.05, 0.1) is 12.0 Å². The minimum absolute atomic E-state index is 0.467. The number of halogens is 2. The molecule has 1 atom stereocenters. The molecule has 0 spiro atoms. The number of rotatable bonds is 6. The van der Waals surface area contributed by atoms with Crippen molar-refractivity contribution in [2.24, 2.45) is 0 Å². The molecule has 1 fully saturated rings. The van der Waals surface area contributed by atoms with Crippen LogP contribution in [-0.2, 0) is 0 Å². The second-order valence-corrected chi connectivity index (χ2v) is 9.89. The summed E-state index contributed by atoms with van der Waals surface area (Å²) in [6, 6.07) is 19.2. The Morgan fingerprint density at radius 2 is 1.71 bits per heavy atom. The van der Waals surface area contributed by atoms with E-state index in [1.54, 1.807) is 24.4 Å². The van der Waals surface area contributed by atoms with Crippen molar-refractivity contribution in [3.05, 3.63) is 93.9 Å². The molecule has 2 aromatic carbocycles. The first-order chi connectivity index (χ1) is 18.4. The lowest BCUT2D eigenvalue weighted by Crippen LogP contribution is -2.47. The normalized spacial score (nSPS) is 14.2. The quantitative estimate of drug-likeness (QED) is 0.313. The molecule has 2 aromatic heterocycles. The van der Waals surface area contributed by atoms with Crippen molar-refractivity contribution >= 4 is 52.0 Å². The third kappa shape index (κ3) is 5.30. The Balaban J connectivity index is 1.34. The molecule has 4 aromatic rings. The molecule has 0 amide bonds. The van der Waals surface area contributed by atoms with Crippen LogP contribution >= 0.6 is 23.2 Å². The van der Waals surface area contributed by atoms with Gasteiger partial charge in [0.25, 0.3) is 0 Å². The van der Waals surface area contributed by atoms with Crippen molar-refractivity contribution in [1.82, 2.24) is 15.0 Å². The molecule has 38 heavy (non-hydrogen) atoms. The minimum Gasteiger partial charge on any atom is -0.393 e. The van der Waals surface area contributed by atoms with Crippen molar-refractivity contribution in [1.29, 1.82) is 5.26 Å². The van der Waals surface area contributed by atoms with Crippen LogP contribution in [0.25, 0.3) is 0 Å². The molecule has 3 N–H and O–H groups in total. The maximum absolute atomic E-state index is 9.89. The number of aryl methyl sites for hydroxylation is 1. The highest BCUT2D eigenvalue weighted by Gasteiger charge is 2.23. The van der Waals surface area contributed by atoms with E-state index in [0.29, 0.717) is 27.4 Å². The van der Waals surface area contributed by atoms with Crippen LogP contribution in [0.5, 0.6) is 0 Å². The van der Waals surface area contributed by atoms with Gasteiger partial charge in [0.2, 0.25) is 0 Å². The molecule has 192 valence electrons. The number of nitrogen functional groups attached to an aromatic ring is 1. The predicted molar refractivity (Wildman–Crippen MR) is 153 cm³/mol. The van der Waals surface area contributed by atoms with E-state index in [-0.39, 0.29) is 0 Å². The number of piperazine rings is 1. The fraction of sp³-hybridized carbons (Fsp3) is 0.214. The summed E-state index contributed by atoms with van der Waals surface area (Å²) >= 11 is 12.7. The third-order valence-corrected chi connectivity index (χ3v) is 7.23. The number of nitrogens with zero attached hydrogens (tertiary/aromatic N) is 6. The molecule has 3 heterocycles. The Morgan fingerprint density at radius 3 is 2.39 bits per heavy atom. The zero-order valence-corrected chi connectivity index (χ0v) is 22.3. The Morgan fingerprint density at radius 1 is 0.974 bits per heavy atom. The van der Waals surface area contributed by atoms with Crippen LogP contribution in [0, 0.1) is 18.3 Å². The third-order valence-electron chi connectivity index (χ3n) is 6.66. The average Bonchev–Trinajstić information content (AvgIpc) is 2.94. The van der Waals surface area contributed by atoms with E-state index in [1.165, 1.54) is 6.33 Å². The Bertz CT molecular complexity index is 1460. The lowest BCUT2D eigenvalue weighted by molar-refractivity contribution is 0.642. The zero-order valence-electron chi connectivity index (χ0n) is 20.8. The van der Waals surface area contributed by atoms with Gasteiger partial charge < -0.3 is 20.9 Å². The van der Waals surface area contributed by atoms with Gasteiger partial charge in [-0.15, -0.1) is 0 Å². The second-order valence-electron chi connectivity index (χ2n) is 9.05. The maximum atomic E-state index is 9.89. The number of nitriles is 1. The predicted octanol–water partition coefficient (Wildman–Crippen LogP) is 5.79. The van der Waals surface area contributed by atoms with Crippen LogP contribution in [-0.4, -0.2) is 41.1 Å². The first-order valence-corrected chi connectivity index (χ1v) is 12.9. The van der Waals surface area contributed by atoms with Crippen LogP contribution in [0.4, 0.5) is 28.8 Å². The van der Waals surface area contributed by atoms with E-state index in [0.717, 1.165) is 54.4 Å². The smallest absolute Gasteiger partial charge is 0.159 e. The Kier molecular flexibility index (Phi) is 7.50. The minimum atomic E-state index is -0.520. The fourth-order valence-electron chi connectivity index (χ4n) is 4.59. The average molecular weight is 545 g/mol. The monoisotopic (exact) mass is 544 g/mol. The summed E-state index contributed by atoms with van der Waals surface area (Å²) in [7, 11) is 0. The molecule has 1 aliphatic heterocycles. The molecule has 1 aliphatic rings. The van der Waals surface area contributed by atoms with E-state index < -0.39 is 5.92 Å². The van der Waals surface area contributed by atoms with Gasteiger partial charge in [-0.1, -0.05) is 47.5 Å². The molecular formula is C28H26Cl2N8. The van der Waals surface area contributed by atoms with E-state index in [4.69, 9.17) is 28.9 Å². The molecule has 0 aliphatic carbocycles. The van der Waals surface area contributed by atoms with Gasteiger partial charge in [0, 0.05) is 48.1 Å². The van der Waals surface area contributed by atoms with Crippen LogP contribution in [0.2, 0.25) is 10.0 Å². The van der Waals surface area contributed by atoms with Gasteiger partial charge >= 0.3 is 0 Å². The summed E-state index contributed by atoms with van der Waals surface area (Å²) in [5, 5.41) is 14.3. The topological polar surface area (TPSA) is 107 Å². The zero-order chi connectivity index (χ0) is 26.6. The molecule has 8 nitrogen and oxygen atoms in total. The standard InChI is InChI=1S/C28H26Cl2N8/c1-18-14-21(22(16-31)19-5-7-20(29)8-6-19)23(30)15-24(18)36-27-26(32)28(35-17-34-27)38-12-10-37(11-13-38)25-4-2-3-9-33-25/h2-9,14-15,17,22H,10-13,32H2,1H3,(H,34,35,36). The SMILES string of the molecule is Cc1cc(C(C#N)c2ccc(Cl)cc2)c(Cl)cc1Nc1ncnc(N2CCN(c3ccccn3)CC2)c1N. The molecular weight excluding hydrogens is 519 g/mol. The molecule has 1 unspecified atom stereocenters. The highest BCUT2D eigenvalue weighted by atomic mass is 35.5. The summed E-state index contributed by atoms with van der Waals surface area (Å²) in [5.74, 6) is 1.64. The number of hydrogen-bond donors (Lipinski definition) is 2. The lowest BCUT2D eigenvalue weighted by Gasteiger charge is -2.36. The van der Waals surface area contributed by atoms with Crippen molar-refractivity contribution in [2.75, 3.05) is 47.0 Å². The van der Waals surface area contributed by atoms with Gasteiger partial charge in [-0.25, -0.2) is 15.0 Å². The number of nitrogens with one attached hydrogen (secondary N) is 1. The van der Waals surface area contributed by atoms with Crippen molar-refractivity contribution in [3.8, 4) is 6.07 Å². The summed E-state index contributed by atoms with van der Waals surface area (Å²) in [6.45, 7) is 5.10. The Labute approximate surface area is 231 Å². The van der Waals surface area contributed by atoms with Crippen molar-refractivity contribution in [3.63, 3.8) is 0 Å². The molecule has 10 heteroatoms. The highest BCUT2D eigenvalue weighted by Crippen LogP contribution is 2.36. The second kappa shape index (κ2) is 11.1. The van der Waals surface area contributed by atoms with Crippen molar-refractivity contribution < 1.29 is 0 Å². The lowest BCUT2D eigenvalue weighted by atomic mass is 9.91. The largest absolute Gasteiger partial charge is 0.393 e. The van der Waals surface area contributed by atoms with Gasteiger partial charge in [0.1, 0.15) is 17.8 Å². The summed E-state index contributed by atoms with van der Waals surface area (Å²) in [4.78, 5) is 17.7. The van der Waals surface area contributed by atoms with Gasteiger partial charge in [-0.2, -0.15) is 5.26 Å². The number of anilines is 5. The van der Waals surface area contributed by atoms with E-state index in [1.807, 2.05) is 43.3 Å². The van der Waals surface area contributed by atoms with Crippen LogP contribution in [0.1, 0.15) is 22.6 Å². The van der Waals surface area contributed by atoms with E-state index in [9.17, 15) is 5.26 Å². The number of nitrogens with two attached hydrogens (primary N) is 1. The van der Waals surface area contributed by atoms with Crippen LogP contribution in [0.3, 0.4) is 0 Å². The molecule has 0 saturated carbocycles. The first kappa shape index (κ1) is 25.6. The van der Waals surface area contributed by atoms with Gasteiger partial charge in [0.15, 0.2) is 11.6 Å². The number of hydrogen-bond acceptors (Lipinski definition) is 8. The van der Waals surface area contributed by atoms with E-state index in [2.05, 4.69) is 36.1 Å². The van der Waals surface area contributed by atoms with Crippen LogP contribution < -0.4 is 20.9 Å². The van der Waals surface area contributed by atoms with E-state index >= 15 is 0 Å².